The van der Waals surface area contributed by atoms with E-state index in [-0.39, 0.29) is 0 Å². The van der Waals surface area contributed by atoms with E-state index in [0.717, 1.165) is 35.4 Å². The fourth-order valence-electron chi connectivity index (χ4n) is 2.85. The molecule has 4 heteroatoms. The van der Waals surface area contributed by atoms with Gasteiger partial charge in [-0.05, 0) is 42.7 Å². The van der Waals surface area contributed by atoms with Gasteiger partial charge < -0.3 is 9.47 Å². The first kappa shape index (κ1) is 14.4. The van der Waals surface area contributed by atoms with Gasteiger partial charge in [-0.3, -0.25) is 4.98 Å². The molecule has 1 atom stereocenters. The molecule has 0 bridgehead atoms. The van der Waals surface area contributed by atoms with Crippen molar-refractivity contribution < 1.29 is 9.47 Å². The topological polar surface area (TPSA) is 31.4 Å². The van der Waals surface area contributed by atoms with Crippen LogP contribution in [0.15, 0.2) is 36.5 Å². The third-order valence-electron chi connectivity index (χ3n) is 3.88. The first-order valence-corrected chi connectivity index (χ1v) is 8.26. The Morgan fingerprint density at radius 2 is 2.24 bits per heavy atom. The molecule has 0 fully saturated rings. The molecule has 1 aromatic carbocycles. The van der Waals surface area contributed by atoms with Gasteiger partial charge in [-0.1, -0.05) is 22.0 Å². The summed E-state index contributed by atoms with van der Waals surface area (Å²) in [6, 6.07) is 10.2. The fraction of sp³-hybridized carbons (Fsp3) is 0.353. The van der Waals surface area contributed by atoms with E-state index in [1.807, 2.05) is 24.4 Å². The van der Waals surface area contributed by atoms with Crippen LogP contribution in [0, 0.1) is 0 Å². The van der Waals surface area contributed by atoms with Crippen molar-refractivity contribution in [3.05, 3.63) is 53.3 Å². The highest BCUT2D eigenvalue weighted by molar-refractivity contribution is 9.09. The van der Waals surface area contributed by atoms with Crippen LogP contribution < -0.4 is 9.47 Å². The van der Waals surface area contributed by atoms with Crippen LogP contribution in [0.4, 0.5) is 0 Å². The summed E-state index contributed by atoms with van der Waals surface area (Å²) in [6.45, 7) is 0.528. The molecule has 1 aliphatic heterocycles. The van der Waals surface area contributed by atoms with Crippen molar-refractivity contribution in [2.24, 2.45) is 0 Å². The molecule has 0 radical (unpaired) electrons. The first-order valence-electron chi connectivity index (χ1n) is 7.14. The van der Waals surface area contributed by atoms with Gasteiger partial charge in [0.2, 0.25) is 0 Å². The summed E-state index contributed by atoms with van der Waals surface area (Å²) >= 11 is 3.53. The summed E-state index contributed by atoms with van der Waals surface area (Å²) in [4.78, 5) is 4.50. The Bertz CT molecular complexity index is 630. The van der Waals surface area contributed by atoms with Crippen LogP contribution in [0.1, 0.15) is 35.6 Å². The zero-order valence-corrected chi connectivity index (χ0v) is 13.6. The lowest BCUT2D eigenvalue weighted by Crippen LogP contribution is -2.04. The molecule has 0 amide bonds. The molecular weight excluding hydrogens is 330 g/mol. The van der Waals surface area contributed by atoms with Gasteiger partial charge >= 0.3 is 0 Å². The molecule has 3 rings (SSSR count). The van der Waals surface area contributed by atoms with Crippen molar-refractivity contribution in [3.8, 4) is 11.5 Å². The molecule has 0 spiro atoms. The molecule has 0 aliphatic carbocycles. The number of rotatable bonds is 4. The largest absolute Gasteiger partial charge is 0.497 e. The maximum atomic E-state index is 5.95. The van der Waals surface area contributed by atoms with Crippen molar-refractivity contribution in [2.75, 3.05) is 12.4 Å². The lowest BCUT2D eigenvalue weighted by atomic mass is 9.86. The Kier molecular flexibility index (Phi) is 4.44. The van der Waals surface area contributed by atoms with Gasteiger partial charge in [-0.2, -0.15) is 0 Å². The van der Waals surface area contributed by atoms with Crippen LogP contribution in [0.2, 0.25) is 0 Å². The molecule has 110 valence electrons. The molecule has 1 aliphatic rings. The van der Waals surface area contributed by atoms with E-state index in [9.17, 15) is 0 Å². The van der Waals surface area contributed by atoms with Crippen molar-refractivity contribution >= 4 is 15.9 Å². The predicted octanol–water partition coefficient (Wildman–Crippen LogP) is 4.29. The van der Waals surface area contributed by atoms with E-state index in [1.165, 1.54) is 11.1 Å². The average Bonchev–Trinajstić information content (AvgIpc) is 2.69. The number of halogens is 1. The highest BCUT2D eigenvalue weighted by Gasteiger charge is 2.25. The standard InChI is InChI=1S/C17H18BrNO2/c1-20-12-6-7-17-15(10-12)13(4-2-8-18)14-5-3-9-19-16(14)11-21-17/h3,5-7,9-10,13H,2,4,8,11H2,1H3. The maximum absolute atomic E-state index is 5.95. The van der Waals surface area contributed by atoms with Crippen molar-refractivity contribution in [2.45, 2.75) is 25.4 Å². The van der Waals surface area contributed by atoms with Crippen molar-refractivity contribution in [1.29, 1.82) is 0 Å². The van der Waals surface area contributed by atoms with E-state index >= 15 is 0 Å². The fourth-order valence-corrected chi connectivity index (χ4v) is 3.18. The molecule has 2 aromatic rings. The van der Waals surface area contributed by atoms with Crippen molar-refractivity contribution in [3.63, 3.8) is 0 Å². The molecule has 0 N–H and O–H groups in total. The zero-order chi connectivity index (χ0) is 14.7. The SMILES string of the molecule is COc1ccc2c(c1)C(CCCBr)c1cccnc1CO2. The van der Waals surface area contributed by atoms with Crippen LogP contribution in [-0.2, 0) is 6.61 Å². The third-order valence-corrected chi connectivity index (χ3v) is 4.44. The minimum atomic E-state index is 0.304. The summed E-state index contributed by atoms with van der Waals surface area (Å²) in [7, 11) is 1.70. The third kappa shape index (κ3) is 2.91. The molecule has 21 heavy (non-hydrogen) atoms. The van der Waals surface area contributed by atoms with E-state index in [1.54, 1.807) is 7.11 Å². The van der Waals surface area contributed by atoms with Crippen LogP contribution in [-0.4, -0.2) is 17.4 Å². The number of methoxy groups -OCH3 is 1. The highest BCUT2D eigenvalue weighted by Crippen LogP contribution is 2.41. The molecule has 0 saturated carbocycles. The van der Waals surface area contributed by atoms with Gasteiger partial charge in [0.05, 0.1) is 12.8 Å². The predicted molar refractivity (Wildman–Crippen MR) is 86.4 cm³/mol. The second-order valence-corrected chi connectivity index (χ2v) is 5.91. The monoisotopic (exact) mass is 347 g/mol. The first-order chi connectivity index (χ1) is 10.3. The maximum Gasteiger partial charge on any atom is 0.131 e. The molecule has 3 nitrogen and oxygen atoms in total. The minimum Gasteiger partial charge on any atom is -0.497 e. The summed E-state index contributed by atoms with van der Waals surface area (Å²) in [5.41, 5.74) is 3.50. The average molecular weight is 348 g/mol. The molecular formula is C17H18BrNO2. The summed E-state index contributed by atoms with van der Waals surface area (Å²) in [5, 5.41) is 0.999. The van der Waals surface area contributed by atoms with Crippen LogP contribution in [0.3, 0.4) is 0 Å². The Hall–Kier alpha value is -1.55. The van der Waals surface area contributed by atoms with E-state index in [4.69, 9.17) is 9.47 Å². The Balaban J connectivity index is 2.09. The zero-order valence-electron chi connectivity index (χ0n) is 12.0. The van der Waals surface area contributed by atoms with E-state index in [0.29, 0.717) is 12.5 Å². The van der Waals surface area contributed by atoms with Crippen LogP contribution >= 0.6 is 15.9 Å². The van der Waals surface area contributed by atoms with Gasteiger partial charge in [0.15, 0.2) is 0 Å². The Morgan fingerprint density at radius 3 is 3.05 bits per heavy atom. The number of alkyl halides is 1. The second kappa shape index (κ2) is 6.48. The molecule has 1 aromatic heterocycles. The molecule has 2 heterocycles. The van der Waals surface area contributed by atoms with Crippen LogP contribution in [0.25, 0.3) is 0 Å². The van der Waals surface area contributed by atoms with Gasteiger partial charge in [0, 0.05) is 23.0 Å². The molecule has 1 unspecified atom stereocenters. The molecule has 0 saturated heterocycles. The number of pyridine rings is 1. The second-order valence-electron chi connectivity index (χ2n) is 5.12. The quantitative estimate of drug-likeness (QED) is 0.773. The number of nitrogens with zero attached hydrogens (tertiary/aromatic N) is 1. The van der Waals surface area contributed by atoms with E-state index in [2.05, 4.69) is 33.0 Å². The lowest BCUT2D eigenvalue weighted by molar-refractivity contribution is 0.301. The van der Waals surface area contributed by atoms with Gasteiger partial charge in [-0.15, -0.1) is 0 Å². The smallest absolute Gasteiger partial charge is 0.131 e. The highest BCUT2D eigenvalue weighted by atomic mass is 79.9. The van der Waals surface area contributed by atoms with Crippen LogP contribution in [0.5, 0.6) is 11.5 Å². The van der Waals surface area contributed by atoms with Crippen molar-refractivity contribution in [1.82, 2.24) is 4.98 Å². The Morgan fingerprint density at radius 1 is 1.33 bits per heavy atom. The van der Waals surface area contributed by atoms with Gasteiger partial charge in [0.1, 0.15) is 18.1 Å². The number of hydrogen-bond donors (Lipinski definition) is 0. The lowest BCUT2D eigenvalue weighted by Gasteiger charge is -2.19. The number of hydrogen-bond acceptors (Lipinski definition) is 3. The Labute approximate surface area is 133 Å². The summed E-state index contributed by atoms with van der Waals surface area (Å²) < 4.78 is 11.3. The van der Waals surface area contributed by atoms with Gasteiger partial charge in [0.25, 0.3) is 0 Å². The normalized spacial score (nSPS) is 16.4. The summed E-state index contributed by atoms with van der Waals surface area (Å²) in [6.07, 6.45) is 4.00. The number of fused-ring (bicyclic) bond motifs is 2. The number of ether oxygens (including phenoxy) is 2. The number of aromatic nitrogens is 1. The van der Waals surface area contributed by atoms with Gasteiger partial charge in [-0.25, -0.2) is 0 Å². The number of benzene rings is 1. The minimum absolute atomic E-state index is 0.304. The van der Waals surface area contributed by atoms with E-state index < -0.39 is 0 Å². The summed E-state index contributed by atoms with van der Waals surface area (Å²) in [5.74, 6) is 2.11.